The van der Waals surface area contributed by atoms with E-state index in [0.29, 0.717) is 6.61 Å². The third-order valence-corrected chi connectivity index (χ3v) is 13.4. The van der Waals surface area contributed by atoms with E-state index in [0.717, 1.165) is 12.8 Å². The van der Waals surface area contributed by atoms with Crippen LogP contribution in [0.3, 0.4) is 0 Å². The molecule has 4 nitrogen and oxygen atoms in total. The Kier molecular flexibility index (Phi) is 9.12. The third-order valence-electron chi connectivity index (χ3n) is 7.44. The molecule has 2 aliphatic heterocycles. The maximum Gasteiger partial charge on any atom is 0.261 e. The van der Waals surface area contributed by atoms with Gasteiger partial charge in [0, 0.05) is 6.42 Å². The first-order valence-electron chi connectivity index (χ1n) is 14.2. The minimum Gasteiger partial charge on any atom is -0.402 e. The lowest BCUT2D eigenvalue weighted by Crippen LogP contribution is -2.68. The van der Waals surface area contributed by atoms with E-state index in [1.165, 1.54) is 10.4 Å². The van der Waals surface area contributed by atoms with Crippen LogP contribution in [0.25, 0.3) is 0 Å². The highest BCUT2D eigenvalue weighted by Crippen LogP contribution is 2.41. The molecule has 0 amide bonds. The maximum absolute atomic E-state index is 7.56. The molecule has 0 radical (unpaired) electrons. The van der Waals surface area contributed by atoms with E-state index in [-0.39, 0.29) is 29.5 Å². The Balaban J connectivity index is 1.70. The average Bonchev–Trinajstić information content (AvgIpc) is 3.44. The van der Waals surface area contributed by atoms with E-state index in [1.807, 2.05) is 19.9 Å². The van der Waals surface area contributed by atoms with Crippen LogP contribution >= 0.6 is 0 Å². The average molecular weight is 563 g/mol. The lowest BCUT2D eigenvalue weighted by atomic mass is 10.1. The molecule has 2 aromatic carbocycles. The van der Waals surface area contributed by atoms with Gasteiger partial charge < -0.3 is 18.6 Å². The summed E-state index contributed by atoms with van der Waals surface area (Å²) in [7, 11) is -4.15. The molecule has 39 heavy (non-hydrogen) atoms. The van der Waals surface area contributed by atoms with Crippen molar-refractivity contribution in [1.29, 1.82) is 0 Å². The van der Waals surface area contributed by atoms with Gasteiger partial charge in [-0.05, 0) is 41.8 Å². The molecule has 0 aromatic heterocycles. The molecular weight excluding hydrogens is 517 g/mol. The summed E-state index contributed by atoms with van der Waals surface area (Å²) in [6, 6.07) is 21.7. The van der Waals surface area contributed by atoms with E-state index in [4.69, 9.17) is 18.6 Å². The van der Waals surface area contributed by atoms with Gasteiger partial charge in [0.15, 0.2) is 5.79 Å². The molecule has 6 heteroatoms. The van der Waals surface area contributed by atoms with Crippen LogP contribution in [-0.4, -0.2) is 53.2 Å². The summed E-state index contributed by atoms with van der Waals surface area (Å²) in [5.41, 5.74) is 3.42. The number of benzene rings is 2. The van der Waals surface area contributed by atoms with Crippen molar-refractivity contribution < 1.29 is 18.6 Å². The van der Waals surface area contributed by atoms with Crippen LogP contribution in [0, 0.1) is 11.5 Å². The van der Waals surface area contributed by atoms with Crippen LogP contribution in [-0.2, 0) is 18.6 Å². The first-order valence-corrected chi connectivity index (χ1v) is 19.7. The van der Waals surface area contributed by atoms with Crippen molar-refractivity contribution in [1.82, 2.24) is 0 Å². The van der Waals surface area contributed by atoms with Crippen molar-refractivity contribution in [2.45, 2.75) is 102 Å². The van der Waals surface area contributed by atoms with Crippen molar-refractivity contribution in [3.8, 4) is 11.5 Å². The Morgan fingerprint density at radius 3 is 2.03 bits per heavy atom. The quantitative estimate of drug-likeness (QED) is 0.303. The highest BCUT2D eigenvalue weighted by Gasteiger charge is 2.54. The molecule has 2 aliphatic rings. The second-order valence-corrected chi connectivity index (χ2v) is 22.3. The first kappa shape index (κ1) is 30.0. The lowest BCUT2D eigenvalue weighted by molar-refractivity contribution is -0.155. The summed E-state index contributed by atoms with van der Waals surface area (Å²) in [4.78, 5) is 0. The van der Waals surface area contributed by atoms with Crippen molar-refractivity contribution in [2.24, 2.45) is 0 Å². The number of hydrogen-bond acceptors (Lipinski definition) is 4. The van der Waals surface area contributed by atoms with Crippen molar-refractivity contribution in [2.75, 3.05) is 6.61 Å². The fraction of sp³-hybridized carbons (Fsp3) is 0.515. The minimum absolute atomic E-state index is 0.0804. The summed E-state index contributed by atoms with van der Waals surface area (Å²) >= 11 is 0. The number of ether oxygens (including phenoxy) is 3. The van der Waals surface area contributed by atoms with E-state index in [9.17, 15) is 0 Å². The third kappa shape index (κ3) is 7.21. The maximum atomic E-state index is 7.56. The Labute approximate surface area is 238 Å². The smallest absolute Gasteiger partial charge is 0.261 e. The van der Waals surface area contributed by atoms with E-state index in [2.05, 4.69) is 119 Å². The predicted molar refractivity (Wildman–Crippen MR) is 166 cm³/mol. The van der Waals surface area contributed by atoms with Crippen molar-refractivity contribution >= 4 is 26.8 Å². The van der Waals surface area contributed by atoms with Crippen LogP contribution in [0.5, 0.6) is 0 Å². The van der Waals surface area contributed by atoms with E-state index < -0.39 is 22.2 Å². The molecule has 2 saturated heterocycles. The highest BCUT2D eigenvalue weighted by molar-refractivity contribution is 6.99. The zero-order chi connectivity index (χ0) is 28.3. The Morgan fingerprint density at radius 1 is 0.949 bits per heavy atom. The van der Waals surface area contributed by atoms with Gasteiger partial charge in [0.05, 0.1) is 24.9 Å². The molecule has 0 N–H and O–H groups in total. The highest BCUT2D eigenvalue weighted by atomic mass is 28.4. The molecule has 4 atom stereocenters. The summed E-state index contributed by atoms with van der Waals surface area (Å²) < 4.78 is 26.4. The summed E-state index contributed by atoms with van der Waals surface area (Å²) in [6.45, 7) is 18.2. The van der Waals surface area contributed by atoms with Gasteiger partial charge in [-0.1, -0.05) is 113 Å². The van der Waals surface area contributed by atoms with Gasteiger partial charge in [0.25, 0.3) is 8.32 Å². The second-order valence-electron chi connectivity index (χ2n) is 13.3. The fourth-order valence-corrected chi connectivity index (χ4v) is 10.9. The molecule has 2 aromatic rings. The molecular formula is C33H46O4Si2. The Hall–Kier alpha value is -1.99. The lowest BCUT2D eigenvalue weighted by Gasteiger charge is -2.45. The minimum atomic E-state index is -2.73. The van der Waals surface area contributed by atoms with E-state index in [1.54, 1.807) is 0 Å². The van der Waals surface area contributed by atoms with Gasteiger partial charge in [-0.3, -0.25) is 0 Å². The van der Waals surface area contributed by atoms with Gasteiger partial charge in [-0.25, -0.2) is 0 Å². The van der Waals surface area contributed by atoms with Gasteiger partial charge >= 0.3 is 0 Å². The Morgan fingerprint density at radius 2 is 1.54 bits per heavy atom. The molecule has 0 unspecified atom stereocenters. The largest absolute Gasteiger partial charge is 0.402 e. The van der Waals surface area contributed by atoms with E-state index >= 15 is 0 Å². The predicted octanol–water partition coefficient (Wildman–Crippen LogP) is 6.07. The summed E-state index contributed by atoms with van der Waals surface area (Å²) in [5.74, 6) is 2.67. The SMILES string of the molecule is CC1(C)OC[C@@H]([C@H]2C[C@@H](O[Si](c3ccccc3)(c3ccccc3)C(C)(C)C)[C@@H](C/C=C/C#C[Si](C)(C)C)O2)O1. The monoisotopic (exact) mass is 562 g/mol. The van der Waals surface area contributed by atoms with Gasteiger partial charge in [-0.2, -0.15) is 0 Å². The Bertz CT molecular complexity index is 1130. The van der Waals surface area contributed by atoms with Gasteiger partial charge in [0.2, 0.25) is 0 Å². The summed E-state index contributed by atoms with van der Waals surface area (Å²) in [5, 5.41) is 2.46. The molecule has 0 spiro atoms. The number of rotatable bonds is 7. The summed E-state index contributed by atoms with van der Waals surface area (Å²) in [6.07, 6.45) is 5.31. The van der Waals surface area contributed by atoms with Gasteiger partial charge in [-0.15, -0.1) is 5.54 Å². The second kappa shape index (κ2) is 11.9. The van der Waals surface area contributed by atoms with Crippen molar-refractivity contribution in [3.05, 3.63) is 72.8 Å². The van der Waals surface area contributed by atoms with Crippen LogP contribution in [0.15, 0.2) is 72.8 Å². The number of hydrogen-bond donors (Lipinski definition) is 0. The topological polar surface area (TPSA) is 36.9 Å². The molecule has 2 heterocycles. The van der Waals surface area contributed by atoms with Crippen LogP contribution in [0.1, 0.15) is 47.5 Å². The number of allylic oxidation sites excluding steroid dienone is 1. The molecule has 4 rings (SSSR count). The fourth-order valence-electron chi connectivity index (χ4n) is 5.66. The molecule has 0 aliphatic carbocycles. The van der Waals surface area contributed by atoms with Gasteiger partial charge in [0.1, 0.15) is 14.2 Å². The zero-order valence-corrected chi connectivity index (χ0v) is 27.0. The molecule has 0 saturated carbocycles. The molecule has 210 valence electrons. The van der Waals surface area contributed by atoms with Crippen molar-refractivity contribution in [3.63, 3.8) is 0 Å². The first-order chi connectivity index (χ1) is 18.3. The normalized spacial score (nSPS) is 25.5. The van der Waals surface area contributed by atoms with Crippen LogP contribution in [0.2, 0.25) is 24.7 Å². The van der Waals surface area contributed by atoms with Crippen LogP contribution in [0.4, 0.5) is 0 Å². The zero-order valence-electron chi connectivity index (χ0n) is 25.0. The standard InChI is InChI=1S/C33H46O4Si2/c1-32(2,3)39(26-18-12-9-13-19-26,27-20-14-10-15-21-27)37-30-24-29(31-25-34-33(4,5)36-31)35-28(30)22-16-11-17-23-38(6,7)8/h9-16,18-21,28-31H,22,24-25H2,1-8H3/b16-11+/t28-,29-,30-,31+/m1/s1. The van der Waals surface area contributed by atoms with Crippen LogP contribution < -0.4 is 10.4 Å². The molecule has 2 fully saturated rings. The molecule has 0 bridgehead atoms.